The molecule has 0 aliphatic carbocycles. The average Bonchev–Trinajstić information content (AvgIpc) is 2.84. The van der Waals surface area contributed by atoms with E-state index in [-0.39, 0.29) is 62.6 Å². The molecule has 0 spiro atoms. The second-order valence-corrected chi connectivity index (χ2v) is 15.3. The van der Waals surface area contributed by atoms with Crippen molar-refractivity contribution in [3.05, 3.63) is 0 Å². The van der Waals surface area contributed by atoms with E-state index in [4.69, 9.17) is 28.3 Å². The Labute approximate surface area is 169 Å². The second-order valence-electron chi connectivity index (χ2n) is 5.32. The van der Waals surface area contributed by atoms with Crippen molar-refractivity contribution in [2.45, 2.75) is 21.8 Å². The molecule has 4 atom stereocenters. The molecule has 0 aromatic rings. The summed E-state index contributed by atoms with van der Waals surface area (Å²) in [6, 6.07) is 0. The van der Waals surface area contributed by atoms with Gasteiger partial charge in [-0.1, -0.05) is 0 Å². The number of hydrogen-bond donors (Lipinski definition) is 4. The van der Waals surface area contributed by atoms with Crippen LogP contribution in [0.3, 0.4) is 0 Å². The molecule has 0 aromatic carbocycles. The molecule has 0 aromatic heterocycles. The Balaban J connectivity index is 0.000000405. The van der Waals surface area contributed by atoms with Crippen LogP contribution in [0.2, 0.25) is 9.63 Å². The van der Waals surface area contributed by atoms with Crippen LogP contribution >= 0.6 is 0 Å². The quantitative estimate of drug-likeness (QED) is 0.106. The molecule has 2 rings (SSSR count). The first-order valence-electron chi connectivity index (χ1n) is 6.91. The fraction of sp³-hybridized carbons (Fsp3) is 0.800. The Hall–Kier alpha value is 0.0690. The van der Waals surface area contributed by atoms with Crippen LogP contribution in [-0.4, -0.2) is 120 Å². The standard InChI is InChI=1S/2C5H9NO3SSe.H2O4S/c2*6-3-11-5-2-10(8,9)1-4(5)7;1-5(2,3)4/h2*3-7H,1-2H2;(H2,1,2,3,4). The predicted molar refractivity (Wildman–Crippen MR) is 94.8 cm³/mol. The number of hydrogen-bond acceptors (Lipinski definition) is 10. The van der Waals surface area contributed by atoms with Gasteiger partial charge in [-0.3, -0.25) is 8.42 Å². The van der Waals surface area contributed by atoms with E-state index in [9.17, 15) is 27.0 Å². The van der Waals surface area contributed by atoms with Crippen LogP contribution < -0.4 is 10.8 Å². The molecule has 17 heteroatoms. The van der Waals surface area contributed by atoms with Gasteiger partial charge in [-0.05, 0) is 0 Å². The zero-order valence-corrected chi connectivity index (χ0v) is 19.5. The molecule has 0 radical (unpaired) electrons. The van der Waals surface area contributed by atoms with Crippen LogP contribution in [-0.2, 0) is 30.1 Å². The number of aliphatic hydroxyl groups excluding tert-OH is 2. The van der Waals surface area contributed by atoms with Crippen molar-refractivity contribution in [1.29, 1.82) is 0 Å². The normalized spacial score (nSPS) is 31.0. The number of sulfone groups is 2. The SMILES string of the molecule is O=S(=O)([O-])[O-].[NH2+]=C[Se]C1CS(=O)(=O)CC1O.[NH2+]=C[Se]C1CS(=O)(=O)CC1O. The summed E-state index contributed by atoms with van der Waals surface area (Å²) < 4.78 is 77.8. The fourth-order valence-electron chi connectivity index (χ4n) is 2.06. The molecule has 0 amide bonds. The summed E-state index contributed by atoms with van der Waals surface area (Å²) in [5, 5.41) is 31.7. The molecule has 2 aliphatic heterocycles. The zero-order valence-electron chi connectivity index (χ0n) is 13.6. The molecule has 2 saturated heterocycles. The minimum atomic E-state index is -5.17. The molecule has 160 valence electrons. The van der Waals surface area contributed by atoms with E-state index in [1.807, 2.05) is 0 Å². The van der Waals surface area contributed by atoms with Crippen molar-refractivity contribution >= 4 is 70.2 Å². The van der Waals surface area contributed by atoms with Gasteiger partial charge in [0.2, 0.25) is 0 Å². The van der Waals surface area contributed by atoms with Gasteiger partial charge in [0.25, 0.3) is 0 Å². The molecule has 2 heterocycles. The van der Waals surface area contributed by atoms with Crippen molar-refractivity contribution in [3.8, 4) is 0 Å². The average molecular weight is 582 g/mol. The van der Waals surface area contributed by atoms with Crippen LogP contribution in [0.5, 0.6) is 0 Å². The van der Waals surface area contributed by atoms with Gasteiger partial charge in [-0.15, -0.1) is 0 Å². The summed E-state index contributed by atoms with van der Waals surface area (Å²) in [6.45, 7) is 0. The molecule has 4 unspecified atom stereocenters. The van der Waals surface area contributed by atoms with Crippen molar-refractivity contribution in [1.82, 2.24) is 0 Å². The third kappa shape index (κ3) is 13.0. The van der Waals surface area contributed by atoms with E-state index in [1.54, 1.807) is 0 Å². The van der Waals surface area contributed by atoms with Gasteiger partial charge in [0.15, 0.2) is 0 Å². The predicted octanol–water partition coefficient (Wildman–Crippen LogP) is -7.23. The molecular formula is C10H20N2O10S3Se2. The van der Waals surface area contributed by atoms with Gasteiger partial charge < -0.3 is 9.11 Å². The number of rotatable bonds is 4. The summed E-state index contributed by atoms with van der Waals surface area (Å²) in [5.41, 5.74) is 0. The molecule has 2 fully saturated rings. The molecule has 2 aliphatic rings. The molecule has 12 nitrogen and oxygen atoms in total. The summed E-state index contributed by atoms with van der Waals surface area (Å²) in [6.07, 6.45) is -1.39. The molecular weight excluding hydrogens is 562 g/mol. The van der Waals surface area contributed by atoms with E-state index in [0.717, 1.165) is 0 Å². The topological polar surface area (TPSA) is 240 Å². The van der Waals surface area contributed by atoms with Crippen molar-refractivity contribution < 1.29 is 55.4 Å². The van der Waals surface area contributed by atoms with Gasteiger partial charge in [0.05, 0.1) is 0 Å². The van der Waals surface area contributed by atoms with Gasteiger partial charge in [0.1, 0.15) is 0 Å². The Morgan fingerprint density at radius 2 is 1.07 bits per heavy atom. The monoisotopic (exact) mass is 584 g/mol. The first-order chi connectivity index (χ1) is 12.1. The maximum atomic E-state index is 10.9. The first kappa shape index (κ1) is 27.1. The van der Waals surface area contributed by atoms with Gasteiger partial charge >= 0.3 is 143 Å². The molecule has 0 bridgehead atoms. The fourth-order valence-corrected chi connectivity index (χ4v) is 11.6. The van der Waals surface area contributed by atoms with Crippen molar-refractivity contribution in [3.63, 3.8) is 0 Å². The molecule has 27 heavy (non-hydrogen) atoms. The van der Waals surface area contributed by atoms with Crippen LogP contribution in [0.25, 0.3) is 0 Å². The minimum absolute atomic E-state index is 0.0526. The van der Waals surface area contributed by atoms with E-state index < -0.39 is 42.3 Å². The molecule has 6 N–H and O–H groups in total. The Morgan fingerprint density at radius 3 is 1.22 bits per heavy atom. The van der Waals surface area contributed by atoms with Gasteiger partial charge in [-0.25, -0.2) is 0 Å². The van der Waals surface area contributed by atoms with E-state index in [1.165, 1.54) is 10.2 Å². The zero-order chi connectivity index (χ0) is 21.5. The van der Waals surface area contributed by atoms with Crippen LogP contribution in [0, 0.1) is 0 Å². The molecule has 0 saturated carbocycles. The van der Waals surface area contributed by atoms with Crippen LogP contribution in [0.1, 0.15) is 0 Å². The van der Waals surface area contributed by atoms with Crippen LogP contribution in [0.15, 0.2) is 0 Å². The van der Waals surface area contributed by atoms with Gasteiger partial charge in [-0.2, -0.15) is 0 Å². The number of nitrogens with two attached hydrogens (primary N) is 2. The summed E-state index contributed by atoms with van der Waals surface area (Å²) >= 11 is -0.105. The van der Waals surface area contributed by atoms with E-state index >= 15 is 0 Å². The third-order valence-corrected chi connectivity index (χ3v) is 11.6. The summed E-state index contributed by atoms with van der Waals surface area (Å²) in [5.74, 6) is 0.0181. The number of aliphatic hydroxyl groups is 2. The second kappa shape index (κ2) is 11.3. The van der Waals surface area contributed by atoms with E-state index in [0.29, 0.717) is 0 Å². The Morgan fingerprint density at radius 1 is 0.815 bits per heavy atom. The maximum absolute atomic E-state index is 10.9. The van der Waals surface area contributed by atoms with Crippen molar-refractivity contribution in [2.24, 2.45) is 0 Å². The van der Waals surface area contributed by atoms with Crippen LogP contribution in [0.4, 0.5) is 0 Å². The summed E-state index contributed by atoms with van der Waals surface area (Å²) in [7, 11) is -11.1. The van der Waals surface area contributed by atoms with E-state index in [2.05, 4.69) is 0 Å². The third-order valence-electron chi connectivity index (χ3n) is 3.05. The Kier molecular flexibility index (Phi) is 11.3. The van der Waals surface area contributed by atoms with Gasteiger partial charge in [0, 0.05) is 10.4 Å². The van der Waals surface area contributed by atoms with Crippen molar-refractivity contribution in [2.75, 3.05) is 23.0 Å². The summed E-state index contributed by atoms with van der Waals surface area (Å²) in [4.78, 5) is -0.255. The first-order valence-corrected chi connectivity index (χ1v) is 15.8. The Bertz CT molecular complexity index is 752.